The van der Waals surface area contributed by atoms with Gasteiger partial charge in [0.15, 0.2) is 0 Å². The molecular weight excluding hydrogens is 369 g/mol. The van der Waals surface area contributed by atoms with Gasteiger partial charge in [-0.15, -0.1) is 0 Å². The molecule has 2 aliphatic rings. The van der Waals surface area contributed by atoms with E-state index in [1.54, 1.807) is 11.0 Å². The van der Waals surface area contributed by atoms with E-state index in [0.717, 1.165) is 31.4 Å². The summed E-state index contributed by atoms with van der Waals surface area (Å²) in [4.78, 5) is 26.9. The smallest absolute Gasteiger partial charge is 0.356 e. The minimum absolute atomic E-state index is 0.0184. The number of hydrogen-bond donors (Lipinski definition) is 1. The highest BCUT2D eigenvalue weighted by molar-refractivity contribution is 5.85. The Hall–Kier alpha value is -2.05. The molecule has 1 aromatic carbocycles. The Kier molecular flexibility index (Phi) is 6.01. The molecule has 2 amide bonds. The summed E-state index contributed by atoms with van der Waals surface area (Å²) >= 11 is 0. The van der Waals surface area contributed by atoms with Crippen LogP contribution >= 0.6 is 0 Å². The molecule has 0 radical (unpaired) electrons. The SMILES string of the molecule is CC(C)CCNC(=O)[C@@H]1CN(C(=O)C2CC2)C[C@@H]1c1cccc(C(F)(F)F)c1. The van der Waals surface area contributed by atoms with E-state index in [4.69, 9.17) is 0 Å². The van der Waals surface area contributed by atoms with Gasteiger partial charge in [0.05, 0.1) is 11.5 Å². The lowest BCUT2D eigenvalue weighted by Gasteiger charge is -2.19. The van der Waals surface area contributed by atoms with Gasteiger partial charge in [0.1, 0.15) is 0 Å². The van der Waals surface area contributed by atoms with Crippen molar-refractivity contribution in [2.24, 2.45) is 17.8 Å². The van der Waals surface area contributed by atoms with Crippen LogP contribution in [0.25, 0.3) is 0 Å². The summed E-state index contributed by atoms with van der Waals surface area (Å²) in [6.45, 7) is 5.20. The fourth-order valence-corrected chi connectivity index (χ4v) is 3.74. The Balaban J connectivity index is 1.80. The van der Waals surface area contributed by atoms with Crippen molar-refractivity contribution in [3.05, 3.63) is 35.4 Å². The number of rotatable bonds is 6. The van der Waals surface area contributed by atoms with Gasteiger partial charge in [-0.25, -0.2) is 0 Å². The summed E-state index contributed by atoms with van der Waals surface area (Å²) in [5.74, 6) is -0.660. The molecule has 2 fully saturated rings. The molecular formula is C21H27F3N2O2. The molecule has 1 saturated heterocycles. The fraction of sp³-hybridized carbons (Fsp3) is 0.619. The van der Waals surface area contributed by atoms with Gasteiger partial charge in [0.2, 0.25) is 11.8 Å². The number of carbonyl (C=O) groups is 2. The quantitative estimate of drug-likeness (QED) is 0.795. The first kappa shape index (κ1) is 20.7. The van der Waals surface area contributed by atoms with Crippen molar-refractivity contribution in [3.8, 4) is 0 Å². The summed E-state index contributed by atoms with van der Waals surface area (Å²) in [6.07, 6.45) is -1.89. The summed E-state index contributed by atoms with van der Waals surface area (Å²) in [6, 6.07) is 5.14. The van der Waals surface area contributed by atoms with Gasteiger partial charge >= 0.3 is 6.18 Å². The van der Waals surface area contributed by atoms with Crippen LogP contribution in [0.4, 0.5) is 13.2 Å². The van der Waals surface area contributed by atoms with Crippen molar-refractivity contribution in [2.75, 3.05) is 19.6 Å². The summed E-state index contributed by atoms with van der Waals surface area (Å²) in [5.41, 5.74) is -0.263. The van der Waals surface area contributed by atoms with Gasteiger partial charge in [-0.05, 0) is 36.8 Å². The number of benzene rings is 1. The van der Waals surface area contributed by atoms with Crippen molar-refractivity contribution >= 4 is 11.8 Å². The molecule has 0 unspecified atom stereocenters. The van der Waals surface area contributed by atoms with E-state index >= 15 is 0 Å². The number of nitrogens with zero attached hydrogens (tertiary/aromatic N) is 1. The second-order valence-electron chi connectivity index (χ2n) is 8.33. The first-order chi connectivity index (χ1) is 13.2. The number of alkyl halides is 3. The van der Waals surface area contributed by atoms with Crippen LogP contribution in [0, 0.1) is 17.8 Å². The molecule has 0 spiro atoms. The van der Waals surface area contributed by atoms with Crippen LogP contribution in [0.1, 0.15) is 50.2 Å². The highest BCUT2D eigenvalue weighted by Crippen LogP contribution is 2.39. The lowest BCUT2D eigenvalue weighted by atomic mass is 9.87. The molecule has 1 aromatic rings. The zero-order chi connectivity index (χ0) is 20.5. The molecule has 1 aliphatic carbocycles. The van der Waals surface area contributed by atoms with Crippen molar-refractivity contribution in [1.29, 1.82) is 0 Å². The Bertz CT molecular complexity index is 729. The van der Waals surface area contributed by atoms with Gasteiger partial charge in [0, 0.05) is 31.5 Å². The number of carbonyl (C=O) groups excluding carboxylic acids is 2. The van der Waals surface area contributed by atoms with Gasteiger partial charge < -0.3 is 10.2 Å². The Labute approximate surface area is 163 Å². The highest BCUT2D eigenvalue weighted by Gasteiger charge is 2.44. The third-order valence-electron chi connectivity index (χ3n) is 5.56. The van der Waals surface area contributed by atoms with Gasteiger partial charge in [-0.2, -0.15) is 13.2 Å². The van der Waals surface area contributed by atoms with Crippen LogP contribution in [0.2, 0.25) is 0 Å². The summed E-state index contributed by atoms with van der Waals surface area (Å²) in [5, 5.41) is 2.91. The maximum absolute atomic E-state index is 13.1. The van der Waals surface area contributed by atoms with E-state index in [2.05, 4.69) is 19.2 Å². The molecule has 3 rings (SSSR count). The minimum atomic E-state index is -4.44. The number of halogens is 3. The Morgan fingerprint density at radius 2 is 1.93 bits per heavy atom. The van der Waals surface area contributed by atoms with Gasteiger partial charge in [0.25, 0.3) is 0 Å². The predicted octanol–water partition coefficient (Wildman–Crippen LogP) is 3.82. The standard InChI is InChI=1S/C21H27F3N2O2/c1-13(2)8-9-25-19(27)18-12-26(20(28)14-6-7-14)11-17(18)15-4-3-5-16(10-15)21(22,23)24/h3-5,10,13-14,17-18H,6-9,11-12H2,1-2H3,(H,25,27)/t17-,18-/m1/s1. The van der Waals surface area contributed by atoms with E-state index in [1.165, 1.54) is 6.07 Å². The lowest BCUT2D eigenvalue weighted by molar-refractivity contribution is -0.137. The molecule has 2 atom stereocenters. The van der Waals surface area contributed by atoms with E-state index in [9.17, 15) is 22.8 Å². The second-order valence-corrected chi connectivity index (χ2v) is 8.33. The van der Waals surface area contributed by atoms with Crippen LogP contribution in [0.3, 0.4) is 0 Å². The summed E-state index contributed by atoms with van der Waals surface area (Å²) < 4.78 is 39.4. The average Bonchev–Trinajstić information content (AvgIpc) is 3.38. The van der Waals surface area contributed by atoms with Gasteiger partial charge in [-0.1, -0.05) is 32.0 Å². The molecule has 0 aromatic heterocycles. The first-order valence-electron chi connectivity index (χ1n) is 9.90. The van der Waals surface area contributed by atoms with Crippen LogP contribution < -0.4 is 5.32 Å². The van der Waals surface area contributed by atoms with E-state index < -0.39 is 23.6 Å². The molecule has 1 N–H and O–H groups in total. The molecule has 4 nitrogen and oxygen atoms in total. The fourth-order valence-electron chi connectivity index (χ4n) is 3.74. The van der Waals surface area contributed by atoms with Crippen molar-refractivity contribution in [1.82, 2.24) is 10.2 Å². The summed E-state index contributed by atoms with van der Waals surface area (Å²) in [7, 11) is 0. The minimum Gasteiger partial charge on any atom is -0.356 e. The molecule has 154 valence electrons. The topological polar surface area (TPSA) is 49.4 Å². The maximum atomic E-state index is 13.1. The first-order valence-corrected chi connectivity index (χ1v) is 9.90. The van der Waals surface area contributed by atoms with E-state index in [-0.39, 0.29) is 24.3 Å². The molecule has 1 saturated carbocycles. The number of nitrogens with one attached hydrogen (secondary N) is 1. The number of likely N-dealkylation sites (tertiary alicyclic amines) is 1. The number of hydrogen-bond acceptors (Lipinski definition) is 2. The third kappa shape index (κ3) is 4.86. The van der Waals surface area contributed by atoms with Crippen molar-refractivity contribution < 1.29 is 22.8 Å². The lowest BCUT2D eigenvalue weighted by Crippen LogP contribution is -2.36. The number of amides is 2. The van der Waals surface area contributed by atoms with Crippen LogP contribution in [-0.4, -0.2) is 36.3 Å². The second kappa shape index (κ2) is 8.13. The van der Waals surface area contributed by atoms with E-state index in [1.807, 2.05) is 0 Å². The maximum Gasteiger partial charge on any atom is 0.416 e. The third-order valence-corrected chi connectivity index (χ3v) is 5.56. The highest BCUT2D eigenvalue weighted by atomic mass is 19.4. The van der Waals surface area contributed by atoms with Crippen molar-refractivity contribution in [3.63, 3.8) is 0 Å². The Morgan fingerprint density at radius 3 is 2.54 bits per heavy atom. The zero-order valence-corrected chi connectivity index (χ0v) is 16.3. The Morgan fingerprint density at radius 1 is 1.21 bits per heavy atom. The normalized spacial score (nSPS) is 22.6. The zero-order valence-electron chi connectivity index (χ0n) is 16.3. The van der Waals surface area contributed by atoms with Crippen molar-refractivity contribution in [2.45, 2.75) is 45.2 Å². The van der Waals surface area contributed by atoms with Crippen LogP contribution in [-0.2, 0) is 15.8 Å². The molecule has 7 heteroatoms. The average molecular weight is 396 g/mol. The van der Waals surface area contributed by atoms with E-state index in [0.29, 0.717) is 24.6 Å². The predicted molar refractivity (Wildman–Crippen MR) is 99.4 cm³/mol. The largest absolute Gasteiger partial charge is 0.416 e. The molecule has 1 aliphatic heterocycles. The van der Waals surface area contributed by atoms with Crippen LogP contribution in [0.15, 0.2) is 24.3 Å². The molecule has 0 bridgehead atoms. The molecule has 1 heterocycles. The van der Waals surface area contributed by atoms with Gasteiger partial charge in [-0.3, -0.25) is 9.59 Å². The molecule has 28 heavy (non-hydrogen) atoms. The monoisotopic (exact) mass is 396 g/mol. The van der Waals surface area contributed by atoms with Crippen LogP contribution in [0.5, 0.6) is 0 Å².